The van der Waals surface area contributed by atoms with Crippen molar-refractivity contribution in [2.75, 3.05) is 31.5 Å². The fourth-order valence-electron chi connectivity index (χ4n) is 4.15. The number of alkyl halides is 3. The number of H-pyrrole nitrogens is 1. The highest BCUT2D eigenvalue weighted by Gasteiger charge is 2.34. The predicted octanol–water partition coefficient (Wildman–Crippen LogP) is 4.03. The van der Waals surface area contributed by atoms with Crippen LogP contribution in [0.4, 0.5) is 19.0 Å². The molecule has 0 unspecified atom stereocenters. The van der Waals surface area contributed by atoms with Gasteiger partial charge in [-0.05, 0) is 42.0 Å². The van der Waals surface area contributed by atoms with Crippen LogP contribution < -0.4 is 10.6 Å². The van der Waals surface area contributed by atoms with Crippen LogP contribution >= 0.6 is 0 Å². The van der Waals surface area contributed by atoms with Crippen LogP contribution in [0.2, 0.25) is 0 Å². The maximum absolute atomic E-state index is 13.8. The number of carbonyl (C=O) groups excluding carboxylic acids is 1. The first kappa shape index (κ1) is 24.5. The number of rotatable bonds is 4. The van der Waals surface area contributed by atoms with Crippen LogP contribution in [-0.2, 0) is 12.7 Å². The molecule has 1 aliphatic heterocycles. The van der Waals surface area contributed by atoms with E-state index in [1.165, 1.54) is 18.3 Å². The van der Waals surface area contributed by atoms with Gasteiger partial charge in [-0.3, -0.25) is 9.69 Å². The molecule has 4 heterocycles. The number of pyridine rings is 2. The summed E-state index contributed by atoms with van der Waals surface area (Å²) in [6, 6.07) is 10.7. The fraction of sp³-hybridized carbons (Fsp3) is 0.222. The summed E-state index contributed by atoms with van der Waals surface area (Å²) >= 11 is 0. The molecule has 1 saturated heterocycles. The molecule has 3 aromatic heterocycles. The molecule has 7 nitrogen and oxygen atoms in total. The van der Waals surface area contributed by atoms with Gasteiger partial charge in [0, 0.05) is 73.4 Å². The number of aromatic nitrogens is 3. The van der Waals surface area contributed by atoms with Gasteiger partial charge in [-0.1, -0.05) is 17.9 Å². The first-order chi connectivity index (χ1) is 17.8. The minimum Gasteiger partial charge on any atom is -0.346 e. The van der Waals surface area contributed by atoms with Crippen LogP contribution in [0.3, 0.4) is 0 Å². The SMILES string of the molecule is O=C(Nc1cc(C#Cc2cnc3[nH]ccc3c2)ccn1)c1ccc(CN2CCNCC2)c(C(F)(F)F)c1. The highest BCUT2D eigenvalue weighted by atomic mass is 19.4. The molecule has 0 spiro atoms. The molecular formula is C27H23F3N6O. The van der Waals surface area contributed by atoms with E-state index in [0.717, 1.165) is 35.8 Å². The summed E-state index contributed by atoms with van der Waals surface area (Å²) in [4.78, 5) is 26.2. The Labute approximate surface area is 211 Å². The Morgan fingerprint density at radius 1 is 1.03 bits per heavy atom. The Kier molecular flexibility index (Phi) is 6.90. The number of aromatic amines is 1. The normalized spacial score (nSPS) is 14.2. The number of nitrogens with zero attached hydrogens (tertiary/aromatic N) is 3. The molecule has 0 radical (unpaired) electrons. The molecule has 0 aliphatic carbocycles. The molecule has 188 valence electrons. The summed E-state index contributed by atoms with van der Waals surface area (Å²) in [7, 11) is 0. The van der Waals surface area contributed by atoms with E-state index >= 15 is 0 Å². The molecule has 0 saturated carbocycles. The van der Waals surface area contributed by atoms with Crippen molar-refractivity contribution in [3.63, 3.8) is 0 Å². The zero-order valence-electron chi connectivity index (χ0n) is 19.7. The van der Waals surface area contributed by atoms with Crippen molar-refractivity contribution >= 4 is 22.8 Å². The minimum absolute atomic E-state index is 0.0967. The third-order valence-electron chi connectivity index (χ3n) is 6.03. The number of anilines is 1. The molecule has 10 heteroatoms. The second-order valence-corrected chi connectivity index (χ2v) is 8.67. The third-order valence-corrected chi connectivity index (χ3v) is 6.03. The van der Waals surface area contributed by atoms with E-state index in [1.807, 2.05) is 17.0 Å². The van der Waals surface area contributed by atoms with Gasteiger partial charge < -0.3 is 15.6 Å². The lowest BCUT2D eigenvalue weighted by Gasteiger charge is -2.28. The molecule has 1 amide bonds. The van der Waals surface area contributed by atoms with Crippen molar-refractivity contribution in [2.24, 2.45) is 0 Å². The molecule has 0 atom stereocenters. The zero-order valence-corrected chi connectivity index (χ0v) is 19.7. The van der Waals surface area contributed by atoms with E-state index in [0.29, 0.717) is 18.7 Å². The molecule has 1 aliphatic rings. The number of hydrogen-bond acceptors (Lipinski definition) is 5. The van der Waals surface area contributed by atoms with Crippen LogP contribution in [0.1, 0.15) is 32.6 Å². The number of hydrogen-bond donors (Lipinski definition) is 3. The summed E-state index contributed by atoms with van der Waals surface area (Å²) in [5.74, 6) is 5.52. The second-order valence-electron chi connectivity index (χ2n) is 8.67. The smallest absolute Gasteiger partial charge is 0.346 e. The Morgan fingerprint density at radius 2 is 1.84 bits per heavy atom. The molecule has 1 aromatic carbocycles. The quantitative estimate of drug-likeness (QED) is 0.366. The average Bonchev–Trinajstić information content (AvgIpc) is 3.36. The minimum atomic E-state index is -4.58. The van der Waals surface area contributed by atoms with Gasteiger partial charge in [-0.15, -0.1) is 0 Å². The van der Waals surface area contributed by atoms with Gasteiger partial charge >= 0.3 is 6.18 Å². The molecular weight excluding hydrogens is 481 g/mol. The topological polar surface area (TPSA) is 85.9 Å². The maximum Gasteiger partial charge on any atom is 0.416 e. The number of amides is 1. The van der Waals surface area contributed by atoms with E-state index < -0.39 is 17.6 Å². The van der Waals surface area contributed by atoms with Crippen molar-refractivity contribution < 1.29 is 18.0 Å². The lowest BCUT2D eigenvalue weighted by Crippen LogP contribution is -2.43. The predicted molar refractivity (Wildman–Crippen MR) is 134 cm³/mol. The van der Waals surface area contributed by atoms with Gasteiger partial charge in [0.2, 0.25) is 0 Å². The third kappa shape index (κ3) is 5.97. The van der Waals surface area contributed by atoms with E-state index in [-0.39, 0.29) is 23.5 Å². The molecule has 37 heavy (non-hydrogen) atoms. The van der Waals surface area contributed by atoms with Crippen molar-refractivity contribution in [3.8, 4) is 11.8 Å². The Hall–Kier alpha value is -4.20. The van der Waals surface area contributed by atoms with E-state index in [1.54, 1.807) is 24.5 Å². The first-order valence-corrected chi connectivity index (χ1v) is 11.7. The lowest BCUT2D eigenvalue weighted by atomic mass is 10.0. The van der Waals surface area contributed by atoms with Crippen LogP contribution in [0.25, 0.3) is 11.0 Å². The molecule has 5 rings (SSSR count). The van der Waals surface area contributed by atoms with Gasteiger partial charge in [0.25, 0.3) is 5.91 Å². The van der Waals surface area contributed by atoms with Gasteiger partial charge in [-0.25, -0.2) is 9.97 Å². The summed E-state index contributed by atoms with van der Waals surface area (Å²) in [5.41, 5.74) is 1.32. The van der Waals surface area contributed by atoms with Crippen LogP contribution in [-0.4, -0.2) is 51.9 Å². The number of carbonyl (C=O) groups is 1. The highest BCUT2D eigenvalue weighted by Crippen LogP contribution is 2.33. The highest BCUT2D eigenvalue weighted by molar-refractivity contribution is 6.04. The van der Waals surface area contributed by atoms with Crippen LogP contribution in [0.5, 0.6) is 0 Å². The average molecular weight is 505 g/mol. The molecule has 1 fully saturated rings. The number of piperazine rings is 1. The van der Waals surface area contributed by atoms with E-state index in [2.05, 4.69) is 37.4 Å². The van der Waals surface area contributed by atoms with Gasteiger partial charge in [0.15, 0.2) is 0 Å². The fourth-order valence-corrected chi connectivity index (χ4v) is 4.15. The number of halogens is 3. The molecule has 0 bridgehead atoms. The standard InChI is InChI=1S/C27H23F3N6O/c28-27(29,30)23-15-21(3-4-22(23)17-36-11-9-31-10-12-36)26(37)35-24-14-18(5-7-32-24)1-2-19-13-20-6-8-33-25(20)34-16-19/h3-8,13-16,31H,9-12,17H2,(H,33,34)(H,32,35,37). The van der Waals surface area contributed by atoms with E-state index in [9.17, 15) is 18.0 Å². The first-order valence-electron chi connectivity index (χ1n) is 11.7. The van der Waals surface area contributed by atoms with Gasteiger partial charge in [0.1, 0.15) is 11.5 Å². The number of benzene rings is 1. The zero-order chi connectivity index (χ0) is 25.8. The number of fused-ring (bicyclic) bond motifs is 1. The Bertz CT molecular complexity index is 1500. The van der Waals surface area contributed by atoms with E-state index in [4.69, 9.17) is 0 Å². The van der Waals surface area contributed by atoms with Crippen LogP contribution in [0.15, 0.2) is 61.1 Å². The van der Waals surface area contributed by atoms with Crippen LogP contribution in [0, 0.1) is 11.8 Å². The van der Waals surface area contributed by atoms with Crippen molar-refractivity contribution in [3.05, 3.63) is 88.9 Å². The molecule has 4 aromatic rings. The largest absolute Gasteiger partial charge is 0.416 e. The Balaban J connectivity index is 1.32. The maximum atomic E-state index is 13.8. The summed E-state index contributed by atoms with van der Waals surface area (Å²) in [6.45, 7) is 2.98. The summed E-state index contributed by atoms with van der Waals surface area (Å²) in [5, 5.41) is 6.70. The number of nitrogens with one attached hydrogen (secondary N) is 3. The summed E-state index contributed by atoms with van der Waals surface area (Å²) in [6.07, 6.45) is 0.348. The lowest BCUT2D eigenvalue weighted by molar-refractivity contribution is -0.138. The van der Waals surface area contributed by atoms with Crippen molar-refractivity contribution in [1.82, 2.24) is 25.2 Å². The summed E-state index contributed by atoms with van der Waals surface area (Å²) < 4.78 is 41.5. The monoisotopic (exact) mass is 504 g/mol. The van der Waals surface area contributed by atoms with Gasteiger partial charge in [0.05, 0.1) is 5.56 Å². The Morgan fingerprint density at radius 3 is 2.65 bits per heavy atom. The van der Waals surface area contributed by atoms with Gasteiger partial charge in [-0.2, -0.15) is 13.2 Å². The van der Waals surface area contributed by atoms with Crippen molar-refractivity contribution in [1.29, 1.82) is 0 Å². The second kappa shape index (κ2) is 10.4. The molecule has 3 N–H and O–H groups in total. The van der Waals surface area contributed by atoms with Crippen molar-refractivity contribution in [2.45, 2.75) is 12.7 Å².